The van der Waals surface area contributed by atoms with E-state index in [2.05, 4.69) is 45.3 Å². The Morgan fingerprint density at radius 1 is 0.744 bits per heavy atom. The van der Waals surface area contributed by atoms with Gasteiger partial charge in [-0.2, -0.15) is 0 Å². The number of halogens is 1. The molecule has 0 fully saturated rings. The van der Waals surface area contributed by atoms with Crippen LogP contribution in [0.3, 0.4) is 0 Å². The number of para-hydroxylation sites is 1. The van der Waals surface area contributed by atoms with Crippen LogP contribution in [0.25, 0.3) is 0 Å². The zero-order valence-corrected chi connectivity index (χ0v) is 25.6. The maximum atomic E-state index is 12.6. The second-order valence-corrected chi connectivity index (χ2v) is 10.6. The summed E-state index contributed by atoms with van der Waals surface area (Å²) < 4.78 is 17.0. The number of carbonyl (C=O) groups excluding carboxylic acids is 3. The van der Waals surface area contributed by atoms with E-state index in [1.807, 2.05) is 54.6 Å². The van der Waals surface area contributed by atoms with Crippen LogP contribution in [0.2, 0.25) is 0 Å². The molecule has 4 aromatic rings. The molecule has 9 nitrogen and oxygen atoms in total. The largest absolute Gasteiger partial charge is 0.493 e. The van der Waals surface area contributed by atoms with Crippen molar-refractivity contribution >= 4 is 56.5 Å². The fourth-order valence-corrected chi connectivity index (χ4v) is 4.50. The standard InChI is InChI=1S/C33H32BrN3O6/c1-22(2)37(27-7-5-4-6-8-27)28-16-14-26(15-17-28)36-32(39)21-43-33(40)23-9-18-29(30(19-23)41-3)42-20-31(38)35-25-12-10-24(34)11-13-25/h4-19,22H,20-21H2,1-3H3,(H,35,38)(H,36,39). The molecule has 0 saturated heterocycles. The molecule has 4 rings (SSSR count). The number of benzene rings is 4. The third-order valence-corrected chi connectivity index (χ3v) is 6.73. The third kappa shape index (κ3) is 8.83. The van der Waals surface area contributed by atoms with Gasteiger partial charge in [0.2, 0.25) is 0 Å². The van der Waals surface area contributed by atoms with Crippen LogP contribution in [0.4, 0.5) is 22.7 Å². The number of rotatable bonds is 12. The fourth-order valence-electron chi connectivity index (χ4n) is 4.24. The summed E-state index contributed by atoms with van der Waals surface area (Å²) in [4.78, 5) is 39.6. The third-order valence-electron chi connectivity index (χ3n) is 6.20. The zero-order valence-electron chi connectivity index (χ0n) is 24.0. The molecule has 0 heterocycles. The minimum Gasteiger partial charge on any atom is -0.493 e. The number of esters is 1. The summed E-state index contributed by atoms with van der Waals surface area (Å²) in [7, 11) is 1.41. The van der Waals surface area contributed by atoms with Crippen LogP contribution in [0.1, 0.15) is 24.2 Å². The summed E-state index contributed by atoms with van der Waals surface area (Å²) in [5.41, 5.74) is 3.42. The van der Waals surface area contributed by atoms with E-state index in [4.69, 9.17) is 14.2 Å². The molecule has 0 aromatic heterocycles. The first kappa shape index (κ1) is 31.1. The quantitative estimate of drug-likeness (QED) is 0.163. The molecule has 0 unspecified atom stereocenters. The molecule has 43 heavy (non-hydrogen) atoms. The molecule has 2 N–H and O–H groups in total. The highest BCUT2D eigenvalue weighted by atomic mass is 79.9. The number of nitrogens with one attached hydrogen (secondary N) is 2. The average Bonchev–Trinajstić information content (AvgIpc) is 3.01. The van der Waals surface area contributed by atoms with Crippen LogP contribution >= 0.6 is 15.9 Å². The molecular weight excluding hydrogens is 614 g/mol. The highest BCUT2D eigenvalue weighted by Crippen LogP contribution is 2.30. The topological polar surface area (TPSA) is 106 Å². The van der Waals surface area contributed by atoms with E-state index in [1.54, 1.807) is 24.3 Å². The Balaban J connectivity index is 1.28. The van der Waals surface area contributed by atoms with Gasteiger partial charge in [-0.15, -0.1) is 0 Å². The normalized spacial score (nSPS) is 10.5. The van der Waals surface area contributed by atoms with Gasteiger partial charge in [-0.05, 0) is 92.7 Å². The summed E-state index contributed by atoms with van der Waals surface area (Å²) in [5, 5.41) is 5.47. The van der Waals surface area contributed by atoms with Crippen molar-refractivity contribution in [1.82, 2.24) is 0 Å². The summed E-state index contributed by atoms with van der Waals surface area (Å²) in [6.07, 6.45) is 0. The van der Waals surface area contributed by atoms with Crippen molar-refractivity contribution in [3.05, 3.63) is 107 Å². The number of anilines is 4. The number of methoxy groups -OCH3 is 1. The number of carbonyl (C=O) groups is 3. The van der Waals surface area contributed by atoms with Crippen molar-refractivity contribution in [2.75, 3.05) is 35.9 Å². The minimum absolute atomic E-state index is 0.162. The van der Waals surface area contributed by atoms with Gasteiger partial charge in [-0.25, -0.2) is 4.79 Å². The van der Waals surface area contributed by atoms with Gasteiger partial charge in [-0.1, -0.05) is 34.1 Å². The fraction of sp³-hybridized carbons (Fsp3) is 0.182. The Bertz CT molecular complexity index is 1540. The highest BCUT2D eigenvalue weighted by molar-refractivity contribution is 9.10. The van der Waals surface area contributed by atoms with Crippen molar-refractivity contribution in [3.63, 3.8) is 0 Å². The number of hydrogen-bond acceptors (Lipinski definition) is 7. The lowest BCUT2D eigenvalue weighted by Gasteiger charge is -2.29. The summed E-state index contributed by atoms with van der Waals surface area (Å²) in [6, 6.07) is 29.3. The van der Waals surface area contributed by atoms with E-state index in [0.717, 1.165) is 15.8 Å². The Morgan fingerprint density at radius 2 is 1.33 bits per heavy atom. The first-order valence-corrected chi connectivity index (χ1v) is 14.3. The molecule has 0 spiro atoms. The van der Waals surface area contributed by atoms with E-state index < -0.39 is 18.5 Å². The molecule has 10 heteroatoms. The molecule has 0 bridgehead atoms. The monoisotopic (exact) mass is 645 g/mol. The van der Waals surface area contributed by atoms with Crippen LogP contribution in [-0.4, -0.2) is 44.1 Å². The lowest BCUT2D eigenvalue weighted by Crippen LogP contribution is -2.25. The number of amides is 2. The lowest BCUT2D eigenvalue weighted by atomic mass is 10.2. The highest BCUT2D eigenvalue weighted by Gasteiger charge is 2.16. The van der Waals surface area contributed by atoms with Gasteiger partial charge in [0, 0.05) is 33.3 Å². The van der Waals surface area contributed by atoms with Crippen molar-refractivity contribution < 1.29 is 28.6 Å². The van der Waals surface area contributed by atoms with Crippen molar-refractivity contribution in [2.45, 2.75) is 19.9 Å². The first-order valence-electron chi connectivity index (χ1n) is 13.5. The molecule has 4 aromatic carbocycles. The van der Waals surface area contributed by atoms with E-state index in [9.17, 15) is 14.4 Å². The Morgan fingerprint density at radius 3 is 1.93 bits per heavy atom. The van der Waals surface area contributed by atoms with Gasteiger partial charge in [-0.3, -0.25) is 9.59 Å². The number of ether oxygens (including phenoxy) is 3. The number of nitrogens with zero attached hydrogens (tertiary/aromatic N) is 1. The zero-order chi connectivity index (χ0) is 30.8. The van der Waals surface area contributed by atoms with Crippen molar-refractivity contribution in [2.24, 2.45) is 0 Å². The van der Waals surface area contributed by atoms with Crippen LogP contribution in [0.15, 0.2) is 102 Å². The molecule has 0 radical (unpaired) electrons. The van der Waals surface area contributed by atoms with Gasteiger partial charge in [0.05, 0.1) is 12.7 Å². The van der Waals surface area contributed by atoms with Crippen LogP contribution in [-0.2, 0) is 14.3 Å². The van der Waals surface area contributed by atoms with Gasteiger partial charge in [0.15, 0.2) is 24.7 Å². The first-order chi connectivity index (χ1) is 20.7. The van der Waals surface area contributed by atoms with Gasteiger partial charge in [0.25, 0.3) is 11.8 Å². The predicted octanol–water partition coefficient (Wildman–Crippen LogP) is 6.82. The van der Waals surface area contributed by atoms with Crippen LogP contribution in [0.5, 0.6) is 11.5 Å². The number of hydrogen-bond donors (Lipinski definition) is 2. The average molecular weight is 647 g/mol. The summed E-state index contributed by atoms with van der Waals surface area (Å²) in [5.74, 6) is -1.04. The lowest BCUT2D eigenvalue weighted by molar-refractivity contribution is -0.119. The second kappa shape index (κ2) is 14.9. The molecule has 0 atom stereocenters. The van der Waals surface area contributed by atoms with Crippen molar-refractivity contribution in [1.29, 1.82) is 0 Å². The van der Waals surface area contributed by atoms with Crippen molar-refractivity contribution in [3.8, 4) is 11.5 Å². The van der Waals surface area contributed by atoms with Gasteiger partial charge >= 0.3 is 5.97 Å². The smallest absolute Gasteiger partial charge is 0.338 e. The molecule has 2 amide bonds. The molecule has 0 aliphatic heterocycles. The molecule has 0 saturated carbocycles. The maximum Gasteiger partial charge on any atom is 0.338 e. The van der Waals surface area contributed by atoms with Gasteiger partial charge < -0.3 is 29.7 Å². The van der Waals surface area contributed by atoms with E-state index >= 15 is 0 Å². The summed E-state index contributed by atoms with van der Waals surface area (Å²) >= 11 is 3.35. The Labute approximate surface area is 258 Å². The van der Waals surface area contributed by atoms with Crippen LogP contribution in [0, 0.1) is 0 Å². The van der Waals surface area contributed by atoms with Crippen LogP contribution < -0.4 is 25.0 Å². The van der Waals surface area contributed by atoms with E-state index in [1.165, 1.54) is 25.3 Å². The van der Waals surface area contributed by atoms with E-state index in [-0.39, 0.29) is 35.6 Å². The Kier molecular flexibility index (Phi) is 10.8. The SMILES string of the molecule is COc1cc(C(=O)OCC(=O)Nc2ccc(N(c3ccccc3)C(C)C)cc2)ccc1OCC(=O)Nc1ccc(Br)cc1. The molecule has 0 aliphatic rings. The predicted molar refractivity (Wildman–Crippen MR) is 170 cm³/mol. The molecular formula is C33H32BrN3O6. The molecule has 222 valence electrons. The molecule has 0 aliphatic carbocycles. The Hall–Kier alpha value is -4.83. The second-order valence-electron chi connectivity index (χ2n) is 9.68. The van der Waals surface area contributed by atoms with E-state index in [0.29, 0.717) is 11.4 Å². The summed E-state index contributed by atoms with van der Waals surface area (Å²) in [6.45, 7) is 3.48. The minimum atomic E-state index is -0.709. The maximum absolute atomic E-state index is 12.6. The van der Waals surface area contributed by atoms with Gasteiger partial charge in [0.1, 0.15) is 0 Å².